The quantitative estimate of drug-likeness (QED) is 0.274. The van der Waals surface area contributed by atoms with E-state index >= 15 is 0 Å². The second-order valence-electron chi connectivity index (χ2n) is 0.513. The van der Waals surface area contributed by atoms with Gasteiger partial charge in [-0.1, -0.05) is 0 Å². The van der Waals surface area contributed by atoms with Crippen LogP contribution in [0, 0.1) is 0 Å². The Morgan fingerprint density at radius 1 is 0.421 bits per heavy atom. The van der Waals surface area contributed by atoms with E-state index in [9.17, 15) is 0 Å². The molecule has 0 saturated heterocycles. The molecule has 14 nitrogen and oxygen atoms in total. The summed E-state index contributed by atoms with van der Waals surface area (Å²) >= 11 is 0. The Morgan fingerprint density at radius 3 is 0.421 bits per heavy atom. The number of hydrogen-bond donors (Lipinski definition) is 3. The summed E-state index contributed by atoms with van der Waals surface area (Å²) in [5.74, 6) is 0. The van der Waals surface area contributed by atoms with Crippen molar-refractivity contribution in [2.24, 2.45) is 0 Å². The van der Waals surface area contributed by atoms with E-state index in [1.807, 2.05) is 0 Å². The number of hydrogen-bond acceptors (Lipinski definition) is 1. The van der Waals surface area contributed by atoms with Crippen molar-refractivity contribution in [1.29, 1.82) is 0 Å². The molecule has 0 radical (unpaired) electrons. The Morgan fingerprint density at radius 2 is 0.421 bits per heavy atom. The van der Waals surface area contributed by atoms with Crippen LogP contribution in [0.4, 0.5) is 0 Å². The van der Waals surface area contributed by atoms with E-state index in [2.05, 4.69) is 0 Å². The zero-order valence-corrected chi connectivity index (χ0v) is 8.09. The summed E-state index contributed by atoms with van der Waals surface area (Å²) in [4.78, 5) is 21.6. The van der Waals surface area contributed by atoms with Crippen LogP contribution in [0.2, 0.25) is 0 Å². The summed E-state index contributed by atoms with van der Waals surface area (Å²) in [6.07, 6.45) is 0. The van der Waals surface area contributed by atoms with Gasteiger partial charge in [-0.25, -0.2) is 4.57 Å². The molecule has 0 aliphatic heterocycles. The van der Waals surface area contributed by atoms with Crippen LogP contribution in [0.1, 0.15) is 0 Å². The first-order valence-corrected chi connectivity index (χ1v) is 2.35. The van der Waals surface area contributed by atoms with Crippen molar-refractivity contribution in [3.63, 3.8) is 0 Å². The van der Waals surface area contributed by atoms with Gasteiger partial charge < -0.3 is 69.4 Å². The molecule has 0 unspecified atom stereocenters. The summed E-state index contributed by atoms with van der Waals surface area (Å²) in [5, 5.41) is 0. The SMILES string of the molecule is O.O.O.O.O.O.O.O.O.O.O=P(O)(O)O.[NaH].[NaH].[NaH].[NaH]. The third-order valence-corrected chi connectivity index (χ3v) is 0. The van der Waals surface area contributed by atoms with Gasteiger partial charge >= 0.3 is 126 Å². The molecule has 19 heavy (non-hydrogen) atoms. The molecule has 0 aliphatic rings. The topological polar surface area (TPSA) is 393 Å². The Bertz CT molecular complexity index is 65.6. The molecule has 0 rings (SSSR count). The van der Waals surface area contributed by atoms with E-state index < -0.39 is 7.82 Å². The van der Waals surface area contributed by atoms with Crippen molar-refractivity contribution in [2.75, 3.05) is 0 Å². The van der Waals surface area contributed by atoms with E-state index in [0.29, 0.717) is 0 Å². The van der Waals surface area contributed by atoms with Crippen molar-refractivity contribution in [2.45, 2.75) is 0 Å². The van der Waals surface area contributed by atoms with Gasteiger partial charge in [0, 0.05) is 0 Å². The summed E-state index contributed by atoms with van der Waals surface area (Å²) in [6, 6.07) is 0. The van der Waals surface area contributed by atoms with E-state index in [1.54, 1.807) is 0 Å². The second-order valence-corrected chi connectivity index (χ2v) is 1.54. The molecule has 0 fully saturated rings. The molecule has 0 aromatic rings. The van der Waals surface area contributed by atoms with E-state index in [0.717, 1.165) is 0 Å². The Labute approximate surface area is 197 Å². The molecule has 0 aromatic carbocycles. The number of phosphoric acid groups is 1. The average molecular weight is 374 g/mol. The van der Waals surface area contributed by atoms with Crippen molar-refractivity contribution < 1.29 is 74.0 Å². The van der Waals surface area contributed by atoms with Crippen LogP contribution in [0.5, 0.6) is 0 Å². The van der Waals surface area contributed by atoms with E-state index in [1.165, 1.54) is 0 Å². The van der Waals surface area contributed by atoms with Gasteiger partial charge in [0.2, 0.25) is 0 Å². The predicted octanol–water partition coefficient (Wildman–Crippen LogP) is -11.8. The summed E-state index contributed by atoms with van der Waals surface area (Å²) in [5.41, 5.74) is 0. The van der Waals surface area contributed by atoms with Gasteiger partial charge in [0.05, 0.1) is 0 Å². The van der Waals surface area contributed by atoms with Crippen LogP contribution < -0.4 is 0 Å². The zero-order chi connectivity index (χ0) is 4.50. The average Bonchev–Trinajstić information content (AvgIpc) is 0.722. The van der Waals surface area contributed by atoms with Gasteiger partial charge in [0.25, 0.3) is 0 Å². The molecule has 0 aliphatic carbocycles. The van der Waals surface area contributed by atoms with Crippen LogP contribution in [0.25, 0.3) is 0 Å². The molecule has 19 heteroatoms. The minimum absolute atomic E-state index is 0. The molecule has 0 amide bonds. The van der Waals surface area contributed by atoms with Crippen LogP contribution in [-0.2, 0) is 4.57 Å². The second kappa shape index (κ2) is 98.8. The summed E-state index contributed by atoms with van der Waals surface area (Å²) in [6.45, 7) is 0. The van der Waals surface area contributed by atoms with Crippen LogP contribution in [-0.4, -0.2) is 188 Å². The standard InChI is InChI=1S/4Na.H3O4P.10H2O.4H/c;;;;1-5(2,3)4;;;;;;;;;;;;;;/h;;;;(H3,1,2,3,4);10*1H2;;;;. The fourth-order valence-electron chi connectivity index (χ4n) is 0. The van der Waals surface area contributed by atoms with Gasteiger partial charge in [0.1, 0.15) is 0 Å². The van der Waals surface area contributed by atoms with E-state index in [4.69, 9.17) is 19.2 Å². The molecule has 0 atom stereocenters. The van der Waals surface area contributed by atoms with Gasteiger partial charge in [-0.3, -0.25) is 0 Å². The van der Waals surface area contributed by atoms with E-state index in [-0.39, 0.29) is 173 Å². The first-order valence-electron chi connectivity index (χ1n) is 0.783. The number of rotatable bonds is 0. The van der Waals surface area contributed by atoms with Crippen molar-refractivity contribution in [1.82, 2.24) is 0 Å². The summed E-state index contributed by atoms with van der Waals surface area (Å²) in [7, 11) is -4.64. The zero-order valence-electron chi connectivity index (χ0n) is 7.20. The van der Waals surface area contributed by atoms with Crippen molar-refractivity contribution >= 4 is 126 Å². The van der Waals surface area contributed by atoms with Crippen molar-refractivity contribution in [3.05, 3.63) is 0 Å². The molecule has 0 aromatic heterocycles. The Balaban J connectivity index is -0.000000000879. The minimum atomic E-state index is -4.64. The van der Waals surface area contributed by atoms with Gasteiger partial charge in [0.15, 0.2) is 0 Å². The van der Waals surface area contributed by atoms with Crippen LogP contribution in [0.3, 0.4) is 0 Å². The third-order valence-electron chi connectivity index (χ3n) is 0. The maximum absolute atomic E-state index is 8.88. The molecule has 120 valence electrons. The summed E-state index contributed by atoms with van der Waals surface area (Å²) < 4.78 is 8.88. The molecule has 0 spiro atoms. The fraction of sp³-hybridized carbons (Fsp3) is 0. The first kappa shape index (κ1) is 180. The fourth-order valence-corrected chi connectivity index (χ4v) is 0. The van der Waals surface area contributed by atoms with Gasteiger partial charge in [-0.2, -0.15) is 0 Å². The molecule has 0 bridgehead atoms. The third kappa shape index (κ3) is 613. The maximum atomic E-state index is 8.88. The van der Waals surface area contributed by atoms with Crippen LogP contribution in [0.15, 0.2) is 0 Å². The first-order chi connectivity index (χ1) is 2.00. The molecule has 0 heterocycles. The van der Waals surface area contributed by atoms with Crippen LogP contribution >= 0.6 is 7.82 Å². The Hall–Kier alpha value is 3.71. The molecular weight excluding hydrogens is 347 g/mol. The molecular formula is H27Na4O14P. The predicted molar refractivity (Wildman–Crippen MR) is 79.0 cm³/mol. The molecule has 0 saturated carbocycles. The molecule has 23 N–H and O–H groups in total. The Kier molecular flexibility index (Phi) is 936. The van der Waals surface area contributed by atoms with Gasteiger partial charge in [-0.05, 0) is 0 Å². The normalized spacial score (nSPS) is 3.11. The van der Waals surface area contributed by atoms with Gasteiger partial charge in [-0.15, -0.1) is 0 Å². The van der Waals surface area contributed by atoms with Crippen molar-refractivity contribution in [3.8, 4) is 0 Å². The monoisotopic (exact) mass is 374 g/mol.